The number of ketones is 1. The summed E-state index contributed by atoms with van der Waals surface area (Å²) in [4.78, 5) is 24.3. The Morgan fingerprint density at radius 2 is 1.77 bits per heavy atom. The zero-order valence-corrected chi connectivity index (χ0v) is 15.2. The highest BCUT2D eigenvalue weighted by atomic mass is 16.5. The van der Waals surface area contributed by atoms with Crippen molar-refractivity contribution in [3.05, 3.63) is 71.4 Å². The van der Waals surface area contributed by atoms with Gasteiger partial charge in [0.1, 0.15) is 5.75 Å². The van der Waals surface area contributed by atoms with Crippen LogP contribution in [0.4, 0.5) is 5.69 Å². The Morgan fingerprint density at radius 3 is 2.38 bits per heavy atom. The Kier molecular flexibility index (Phi) is 6.97. The van der Waals surface area contributed by atoms with Crippen LogP contribution in [-0.2, 0) is 4.74 Å². The van der Waals surface area contributed by atoms with Crippen LogP contribution in [0.25, 0.3) is 0 Å². The second-order valence-electron chi connectivity index (χ2n) is 5.54. The van der Waals surface area contributed by atoms with E-state index < -0.39 is 0 Å². The maximum absolute atomic E-state index is 12.4. The molecule has 2 rings (SSSR count). The zero-order chi connectivity index (χ0) is 18.9. The minimum atomic E-state index is -0.368. The van der Waals surface area contributed by atoms with Gasteiger partial charge in [-0.05, 0) is 55.8 Å². The summed E-state index contributed by atoms with van der Waals surface area (Å²) in [6.45, 7) is 4.05. The monoisotopic (exact) mass is 353 g/mol. The van der Waals surface area contributed by atoms with Crippen molar-refractivity contribution in [2.24, 2.45) is 0 Å². The minimum Gasteiger partial charge on any atom is -0.497 e. The maximum atomic E-state index is 12.4. The van der Waals surface area contributed by atoms with Crippen molar-refractivity contribution in [1.82, 2.24) is 0 Å². The molecule has 0 aliphatic rings. The van der Waals surface area contributed by atoms with Crippen molar-refractivity contribution in [2.45, 2.75) is 20.3 Å². The molecule has 0 radical (unpaired) electrons. The second-order valence-corrected chi connectivity index (χ2v) is 5.54. The lowest BCUT2D eigenvalue weighted by Crippen LogP contribution is -2.07. The number of carbonyl (C=O) groups is 2. The Morgan fingerprint density at radius 1 is 1.04 bits per heavy atom. The fraction of sp³-hybridized carbons (Fsp3) is 0.238. The first-order chi connectivity index (χ1) is 12.6. The lowest BCUT2D eigenvalue weighted by Gasteiger charge is -2.10. The normalized spacial score (nSPS) is 11.0. The van der Waals surface area contributed by atoms with Crippen molar-refractivity contribution in [2.75, 3.05) is 19.0 Å². The van der Waals surface area contributed by atoms with E-state index in [9.17, 15) is 9.59 Å². The predicted molar refractivity (Wildman–Crippen MR) is 102 cm³/mol. The quantitative estimate of drug-likeness (QED) is 0.431. The van der Waals surface area contributed by atoms with Crippen LogP contribution in [0.5, 0.6) is 5.75 Å². The SMILES string of the molecule is CCOC(=O)c1cccc(NC(=CC(=O)c2ccc(OC)cc2)CC)c1. The van der Waals surface area contributed by atoms with Crippen LogP contribution >= 0.6 is 0 Å². The molecule has 136 valence electrons. The van der Waals surface area contributed by atoms with Gasteiger partial charge in [-0.1, -0.05) is 13.0 Å². The van der Waals surface area contributed by atoms with E-state index in [1.165, 1.54) is 0 Å². The van der Waals surface area contributed by atoms with Crippen molar-refractivity contribution < 1.29 is 19.1 Å². The molecular formula is C21H23NO4. The van der Waals surface area contributed by atoms with Gasteiger partial charge in [-0.2, -0.15) is 0 Å². The van der Waals surface area contributed by atoms with Crippen LogP contribution in [-0.4, -0.2) is 25.5 Å². The van der Waals surface area contributed by atoms with E-state index in [0.29, 0.717) is 29.9 Å². The van der Waals surface area contributed by atoms with Crippen LogP contribution in [0.15, 0.2) is 60.3 Å². The number of carbonyl (C=O) groups excluding carboxylic acids is 2. The average Bonchev–Trinajstić information content (AvgIpc) is 2.67. The molecule has 0 amide bonds. The molecule has 0 fully saturated rings. The molecule has 2 aromatic carbocycles. The molecule has 0 spiro atoms. The van der Waals surface area contributed by atoms with Gasteiger partial charge in [-0.25, -0.2) is 4.79 Å². The summed E-state index contributed by atoms with van der Waals surface area (Å²) >= 11 is 0. The molecular weight excluding hydrogens is 330 g/mol. The molecule has 0 aliphatic carbocycles. The van der Waals surface area contributed by atoms with Gasteiger partial charge in [0.15, 0.2) is 5.78 Å². The first kappa shape index (κ1) is 19.2. The molecule has 0 aromatic heterocycles. The topological polar surface area (TPSA) is 64.6 Å². The number of rotatable bonds is 8. The van der Waals surface area contributed by atoms with Crippen molar-refractivity contribution in [3.63, 3.8) is 0 Å². The minimum absolute atomic E-state index is 0.0986. The van der Waals surface area contributed by atoms with E-state index in [1.807, 2.05) is 13.0 Å². The fourth-order valence-electron chi connectivity index (χ4n) is 2.35. The summed E-state index contributed by atoms with van der Waals surface area (Å²) in [6.07, 6.45) is 2.21. The van der Waals surface area contributed by atoms with Gasteiger partial charge < -0.3 is 14.8 Å². The van der Waals surface area contributed by atoms with Crippen LogP contribution in [0.1, 0.15) is 41.0 Å². The fourth-order valence-corrected chi connectivity index (χ4v) is 2.35. The third kappa shape index (κ3) is 5.21. The third-order valence-electron chi connectivity index (χ3n) is 3.74. The number of hydrogen-bond donors (Lipinski definition) is 1. The third-order valence-corrected chi connectivity index (χ3v) is 3.74. The van der Waals surface area contributed by atoms with Gasteiger partial charge in [0, 0.05) is 23.0 Å². The largest absolute Gasteiger partial charge is 0.497 e. The first-order valence-electron chi connectivity index (χ1n) is 8.50. The van der Waals surface area contributed by atoms with E-state index >= 15 is 0 Å². The number of anilines is 1. The van der Waals surface area contributed by atoms with E-state index in [1.54, 1.807) is 62.6 Å². The molecule has 0 saturated carbocycles. The number of nitrogens with one attached hydrogen (secondary N) is 1. The van der Waals surface area contributed by atoms with Crippen LogP contribution in [0.3, 0.4) is 0 Å². The molecule has 5 heteroatoms. The Balaban J connectivity index is 2.15. The van der Waals surface area contributed by atoms with Gasteiger partial charge in [0.25, 0.3) is 0 Å². The number of benzene rings is 2. The highest BCUT2D eigenvalue weighted by molar-refractivity contribution is 6.05. The van der Waals surface area contributed by atoms with Gasteiger partial charge in [0.2, 0.25) is 0 Å². The van der Waals surface area contributed by atoms with Crippen molar-refractivity contribution in [3.8, 4) is 5.75 Å². The van der Waals surface area contributed by atoms with Crippen molar-refractivity contribution >= 4 is 17.4 Å². The standard InChI is InChI=1S/C21H23NO4/c1-4-17(14-20(23)15-9-11-19(25-3)12-10-15)22-18-8-6-7-16(13-18)21(24)26-5-2/h6-14,22H,4-5H2,1-3H3. The maximum Gasteiger partial charge on any atom is 0.338 e. The number of ether oxygens (including phenoxy) is 2. The number of esters is 1. The smallest absolute Gasteiger partial charge is 0.338 e. The molecule has 0 unspecified atom stereocenters. The van der Waals surface area contributed by atoms with E-state index in [4.69, 9.17) is 9.47 Å². The Labute approximate surface area is 153 Å². The van der Waals surface area contributed by atoms with Gasteiger partial charge in [-0.3, -0.25) is 4.79 Å². The lowest BCUT2D eigenvalue weighted by molar-refractivity contribution is 0.0526. The van der Waals surface area contributed by atoms with E-state index in [0.717, 1.165) is 11.4 Å². The molecule has 0 aliphatic heterocycles. The van der Waals surface area contributed by atoms with E-state index in [-0.39, 0.29) is 11.8 Å². The summed E-state index contributed by atoms with van der Waals surface area (Å²) in [5.74, 6) is 0.237. The average molecular weight is 353 g/mol. The zero-order valence-electron chi connectivity index (χ0n) is 15.2. The molecule has 26 heavy (non-hydrogen) atoms. The summed E-state index contributed by atoms with van der Waals surface area (Å²) in [5, 5.41) is 3.20. The Bertz CT molecular complexity index is 794. The number of hydrogen-bond acceptors (Lipinski definition) is 5. The number of allylic oxidation sites excluding steroid dienone is 2. The summed E-state index contributed by atoms with van der Waals surface area (Å²) in [5.41, 5.74) is 2.53. The highest BCUT2D eigenvalue weighted by Gasteiger charge is 2.09. The van der Waals surface area contributed by atoms with Crippen LogP contribution in [0.2, 0.25) is 0 Å². The molecule has 0 atom stereocenters. The molecule has 5 nitrogen and oxygen atoms in total. The lowest BCUT2D eigenvalue weighted by atomic mass is 10.1. The molecule has 2 aromatic rings. The summed E-state index contributed by atoms with van der Waals surface area (Å²) < 4.78 is 10.1. The van der Waals surface area contributed by atoms with Gasteiger partial charge in [0.05, 0.1) is 19.3 Å². The first-order valence-corrected chi connectivity index (χ1v) is 8.50. The van der Waals surface area contributed by atoms with Crippen molar-refractivity contribution in [1.29, 1.82) is 0 Å². The number of methoxy groups -OCH3 is 1. The van der Waals surface area contributed by atoms with E-state index in [2.05, 4.69) is 5.32 Å². The van der Waals surface area contributed by atoms with Crippen LogP contribution in [0, 0.1) is 0 Å². The van der Waals surface area contributed by atoms with Gasteiger partial charge >= 0.3 is 5.97 Å². The summed E-state index contributed by atoms with van der Waals surface area (Å²) in [7, 11) is 1.58. The van der Waals surface area contributed by atoms with Crippen LogP contribution < -0.4 is 10.1 Å². The molecule has 0 saturated heterocycles. The summed E-state index contributed by atoms with van der Waals surface area (Å²) in [6, 6.07) is 14.0. The highest BCUT2D eigenvalue weighted by Crippen LogP contribution is 2.17. The molecule has 1 N–H and O–H groups in total. The predicted octanol–water partition coefficient (Wildman–Crippen LogP) is 4.46. The van der Waals surface area contributed by atoms with Gasteiger partial charge in [-0.15, -0.1) is 0 Å². The second kappa shape index (κ2) is 9.42. The molecule has 0 bridgehead atoms. The molecule has 0 heterocycles. The Hall–Kier alpha value is -3.08.